The Morgan fingerprint density at radius 2 is 2.35 bits per heavy atom. The van der Waals surface area contributed by atoms with Crippen LogP contribution in [-0.4, -0.2) is 35.5 Å². The molecule has 20 heavy (non-hydrogen) atoms. The molecule has 2 atom stereocenters. The van der Waals surface area contributed by atoms with E-state index in [1.807, 2.05) is 4.90 Å². The van der Waals surface area contributed by atoms with Gasteiger partial charge in [-0.25, -0.2) is 4.98 Å². The van der Waals surface area contributed by atoms with Crippen LogP contribution in [0.15, 0.2) is 18.3 Å². The largest absolute Gasteiger partial charge is 0.480 e. The van der Waals surface area contributed by atoms with Crippen LogP contribution < -0.4 is 4.74 Å². The molecule has 1 fully saturated rings. The van der Waals surface area contributed by atoms with Crippen molar-refractivity contribution in [2.45, 2.75) is 45.6 Å². The van der Waals surface area contributed by atoms with Crippen molar-refractivity contribution in [3.63, 3.8) is 0 Å². The van der Waals surface area contributed by atoms with Crippen LogP contribution in [0.1, 0.15) is 49.9 Å². The molecule has 1 aromatic rings. The summed E-state index contributed by atoms with van der Waals surface area (Å²) < 4.78 is 5.22. The number of ether oxygens (including phenoxy) is 1. The SMILES string of the molecule is CCC[C@@H]1[C@H](C)CCCN1C(=O)c1cccnc1OC. The lowest BCUT2D eigenvalue weighted by Crippen LogP contribution is -2.47. The molecule has 110 valence electrons. The number of piperidine rings is 1. The zero-order chi connectivity index (χ0) is 14.5. The highest BCUT2D eigenvalue weighted by atomic mass is 16.5. The average molecular weight is 276 g/mol. The first kappa shape index (κ1) is 14.8. The summed E-state index contributed by atoms with van der Waals surface area (Å²) in [7, 11) is 1.56. The lowest BCUT2D eigenvalue weighted by Gasteiger charge is -2.40. The number of hydrogen-bond donors (Lipinski definition) is 0. The molecule has 0 saturated carbocycles. The molecule has 0 N–H and O–H groups in total. The first-order valence-electron chi connectivity index (χ1n) is 7.49. The lowest BCUT2D eigenvalue weighted by molar-refractivity contribution is 0.0493. The summed E-state index contributed by atoms with van der Waals surface area (Å²) in [6, 6.07) is 3.93. The average Bonchev–Trinajstić information content (AvgIpc) is 2.48. The van der Waals surface area contributed by atoms with Crippen molar-refractivity contribution in [2.75, 3.05) is 13.7 Å². The molecular formula is C16H24N2O2. The maximum absolute atomic E-state index is 12.8. The Bertz CT molecular complexity index is 462. The molecule has 0 aromatic carbocycles. The predicted octanol–water partition coefficient (Wildman–Crippen LogP) is 3.13. The number of carbonyl (C=O) groups excluding carboxylic acids is 1. The molecule has 1 saturated heterocycles. The number of methoxy groups -OCH3 is 1. The molecule has 0 aliphatic carbocycles. The van der Waals surface area contributed by atoms with Gasteiger partial charge in [0.2, 0.25) is 5.88 Å². The van der Waals surface area contributed by atoms with E-state index in [1.165, 1.54) is 6.42 Å². The minimum atomic E-state index is 0.0555. The summed E-state index contributed by atoms with van der Waals surface area (Å²) in [6.45, 7) is 5.26. The van der Waals surface area contributed by atoms with E-state index in [0.29, 0.717) is 23.4 Å². The topological polar surface area (TPSA) is 42.4 Å². The van der Waals surface area contributed by atoms with E-state index >= 15 is 0 Å². The molecule has 0 unspecified atom stereocenters. The number of aromatic nitrogens is 1. The molecule has 1 amide bonds. The van der Waals surface area contributed by atoms with Gasteiger partial charge in [0.15, 0.2) is 0 Å². The predicted molar refractivity (Wildman–Crippen MR) is 78.9 cm³/mol. The molecule has 0 bridgehead atoms. The standard InChI is InChI=1S/C16H24N2O2/c1-4-7-14-12(2)8-6-11-18(14)16(19)13-9-5-10-17-15(13)20-3/h5,9-10,12,14H,4,6-8,11H2,1-3H3/t12-,14-/m1/s1. The molecule has 0 spiro atoms. The van der Waals surface area contributed by atoms with Crippen molar-refractivity contribution in [1.29, 1.82) is 0 Å². The van der Waals surface area contributed by atoms with Gasteiger partial charge >= 0.3 is 0 Å². The van der Waals surface area contributed by atoms with Crippen molar-refractivity contribution < 1.29 is 9.53 Å². The third kappa shape index (κ3) is 2.94. The Hall–Kier alpha value is -1.58. The van der Waals surface area contributed by atoms with Crippen molar-refractivity contribution >= 4 is 5.91 Å². The fraction of sp³-hybridized carbons (Fsp3) is 0.625. The highest BCUT2D eigenvalue weighted by Crippen LogP contribution is 2.29. The minimum absolute atomic E-state index is 0.0555. The van der Waals surface area contributed by atoms with Gasteiger partial charge in [-0.1, -0.05) is 20.3 Å². The first-order valence-corrected chi connectivity index (χ1v) is 7.49. The van der Waals surface area contributed by atoms with Gasteiger partial charge in [0, 0.05) is 18.8 Å². The molecule has 0 radical (unpaired) electrons. The Morgan fingerprint density at radius 1 is 1.55 bits per heavy atom. The summed E-state index contributed by atoms with van der Waals surface area (Å²) in [5.74, 6) is 1.04. The third-order valence-electron chi connectivity index (χ3n) is 4.16. The van der Waals surface area contributed by atoms with Crippen LogP contribution in [0.4, 0.5) is 0 Å². The number of carbonyl (C=O) groups is 1. The second-order valence-electron chi connectivity index (χ2n) is 5.53. The minimum Gasteiger partial charge on any atom is -0.480 e. The smallest absolute Gasteiger partial charge is 0.259 e. The molecule has 2 rings (SSSR count). The second kappa shape index (κ2) is 6.73. The number of amides is 1. The summed E-state index contributed by atoms with van der Waals surface area (Å²) in [6.07, 6.45) is 6.10. The maximum atomic E-state index is 12.8. The van der Waals surface area contributed by atoms with Gasteiger partial charge in [-0.2, -0.15) is 0 Å². The molecular weight excluding hydrogens is 252 g/mol. The van der Waals surface area contributed by atoms with Crippen LogP contribution in [0.5, 0.6) is 5.88 Å². The van der Waals surface area contributed by atoms with Gasteiger partial charge in [0.1, 0.15) is 5.56 Å². The quantitative estimate of drug-likeness (QED) is 0.848. The fourth-order valence-corrected chi connectivity index (χ4v) is 3.11. The van der Waals surface area contributed by atoms with Crippen LogP contribution >= 0.6 is 0 Å². The van der Waals surface area contributed by atoms with E-state index in [1.54, 1.807) is 25.4 Å². The highest BCUT2D eigenvalue weighted by molar-refractivity contribution is 5.96. The number of pyridine rings is 1. The number of nitrogens with zero attached hydrogens (tertiary/aromatic N) is 2. The van der Waals surface area contributed by atoms with E-state index in [0.717, 1.165) is 25.8 Å². The maximum Gasteiger partial charge on any atom is 0.259 e. The van der Waals surface area contributed by atoms with E-state index in [4.69, 9.17) is 4.74 Å². The Balaban J connectivity index is 2.25. The van der Waals surface area contributed by atoms with Crippen molar-refractivity contribution in [1.82, 2.24) is 9.88 Å². The normalized spacial score (nSPS) is 22.6. The van der Waals surface area contributed by atoms with Crippen LogP contribution in [0.25, 0.3) is 0 Å². The summed E-state index contributed by atoms with van der Waals surface area (Å²) in [5, 5.41) is 0. The molecule has 1 aromatic heterocycles. The zero-order valence-corrected chi connectivity index (χ0v) is 12.6. The van der Waals surface area contributed by atoms with E-state index in [2.05, 4.69) is 18.8 Å². The molecule has 2 heterocycles. The van der Waals surface area contributed by atoms with Crippen LogP contribution in [0, 0.1) is 5.92 Å². The van der Waals surface area contributed by atoms with Gasteiger partial charge in [0.25, 0.3) is 5.91 Å². The number of rotatable bonds is 4. The highest BCUT2D eigenvalue weighted by Gasteiger charge is 2.32. The molecule has 1 aliphatic heterocycles. The van der Waals surface area contributed by atoms with Crippen LogP contribution in [0.2, 0.25) is 0 Å². The number of hydrogen-bond acceptors (Lipinski definition) is 3. The Labute approximate surface area is 121 Å². The van der Waals surface area contributed by atoms with E-state index < -0.39 is 0 Å². The molecule has 1 aliphatic rings. The first-order chi connectivity index (χ1) is 9.69. The molecule has 4 heteroatoms. The molecule has 4 nitrogen and oxygen atoms in total. The summed E-state index contributed by atoms with van der Waals surface area (Å²) in [5.41, 5.74) is 0.574. The second-order valence-corrected chi connectivity index (χ2v) is 5.53. The van der Waals surface area contributed by atoms with Gasteiger partial charge in [-0.15, -0.1) is 0 Å². The third-order valence-corrected chi connectivity index (χ3v) is 4.16. The fourth-order valence-electron chi connectivity index (χ4n) is 3.11. The summed E-state index contributed by atoms with van der Waals surface area (Å²) in [4.78, 5) is 19.0. The lowest BCUT2D eigenvalue weighted by atomic mass is 9.87. The Kier molecular flexibility index (Phi) is 4.99. The van der Waals surface area contributed by atoms with Crippen LogP contribution in [0.3, 0.4) is 0 Å². The van der Waals surface area contributed by atoms with E-state index in [-0.39, 0.29) is 5.91 Å². The van der Waals surface area contributed by atoms with Crippen LogP contribution in [-0.2, 0) is 0 Å². The van der Waals surface area contributed by atoms with E-state index in [9.17, 15) is 4.79 Å². The Morgan fingerprint density at radius 3 is 3.05 bits per heavy atom. The van der Waals surface area contributed by atoms with Crippen molar-refractivity contribution in [3.05, 3.63) is 23.9 Å². The van der Waals surface area contributed by atoms with Crippen molar-refractivity contribution in [2.24, 2.45) is 5.92 Å². The van der Waals surface area contributed by atoms with Gasteiger partial charge in [0.05, 0.1) is 7.11 Å². The zero-order valence-electron chi connectivity index (χ0n) is 12.6. The monoisotopic (exact) mass is 276 g/mol. The number of likely N-dealkylation sites (tertiary alicyclic amines) is 1. The van der Waals surface area contributed by atoms with Gasteiger partial charge in [-0.05, 0) is 37.3 Å². The van der Waals surface area contributed by atoms with Gasteiger partial charge in [-0.3, -0.25) is 4.79 Å². The van der Waals surface area contributed by atoms with Crippen molar-refractivity contribution in [3.8, 4) is 5.88 Å². The van der Waals surface area contributed by atoms with Gasteiger partial charge < -0.3 is 9.64 Å². The summed E-state index contributed by atoms with van der Waals surface area (Å²) >= 11 is 0.